The highest BCUT2D eigenvalue weighted by molar-refractivity contribution is 6.05. The van der Waals surface area contributed by atoms with Gasteiger partial charge in [-0.15, -0.1) is 0 Å². The number of fused-ring (bicyclic) bond motifs is 3. The first-order chi connectivity index (χ1) is 17.0. The minimum absolute atomic E-state index is 0.0434. The molecule has 11 heteroatoms. The number of carbonyl (C=O) groups is 5. The molecule has 0 aromatic heterocycles. The number of benzene rings is 1. The van der Waals surface area contributed by atoms with Gasteiger partial charge >= 0.3 is 6.09 Å². The highest BCUT2D eigenvalue weighted by Gasteiger charge is 2.47. The number of amides is 5. The van der Waals surface area contributed by atoms with Crippen LogP contribution < -0.4 is 10.6 Å². The maximum absolute atomic E-state index is 12.8. The fraction of sp³-hybridized carbons (Fsp3) is 0.560. The van der Waals surface area contributed by atoms with Crippen molar-refractivity contribution in [2.24, 2.45) is 0 Å². The molecular weight excluding hydrogens is 466 g/mol. The van der Waals surface area contributed by atoms with E-state index in [0.717, 1.165) is 12.0 Å². The summed E-state index contributed by atoms with van der Waals surface area (Å²) in [5.41, 5.74) is 1.27. The van der Waals surface area contributed by atoms with E-state index < -0.39 is 17.6 Å². The number of anilines is 1. The predicted molar refractivity (Wildman–Crippen MR) is 128 cm³/mol. The lowest BCUT2D eigenvalue weighted by Gasteiger charge is -2.34. The Morgan fingerprint density at radius 3 is 2.58 bits per heavy atom. The first-order valence-corrected chi connectivity index (χ1v) is 12.3. The van der Waals surface area contributed by atoms with Crippen LogP contribution in [0, 0.1) is 0 Å². The van der Waals surface area contributed by atoms with Crippen molar-refractivity contribution in [2.45, 2.75) is 70.3 Å². The van der Waals surface area contributed by atoms with Crippen molar-refractivity contribution < 1.29 is 28.7 Å². The number of piperidine rings is 1. The zero-order chi connectivity index (χ0) is 25.8. The SMILES string of the molecule is CC(C)(C)OC(=O)N1C[C@@H]2C[C@H]1CN2CC(=O)Nc1ccc2c(c1)CN(C1CCC(=O)NC1=O)C2=O. The molecule has 5 rings (SSSR count). The number of hydrogen-bond donors (Lipinski definition) is 2. The quantitative estimate of drug-likeness (QED) is 0.596. The molecule has 3 atom stereocenters. The van der Waals surface area contributed by atoms with E-state index >= 15 is 0 Å². The molecule has 4 aliphatic heterocycles. The smallest absolute Gasteiger partial charge is 0.410 e. The molecule has 2 N–H and O–H groups in total. The molecule has 1 aromatic rings. The van der Waals surface area contributed by atoms with E-state index in [1.807, 2.05) is 20.8 Å². The van der Waals surface area contributed by atoms with Gasteiger partial charge in [0.2, 0.25) is 17.7 Å². The third-order valence-corrected chi connectivity index (χ3v) is 7.14. The van der Waals surface area contributed by atoms with E-state index in [-0.39, 0.29) is 55.4 Å². The Kier molecular flexibility index (Phi) is 5.98. The van der Waals surface area contributed by atoms with E-state index in [9.17, 15) is 24.0 Å². The minimum Gasteiger partial charge on any atom is -0.444 e. The molecule has 192 valence electrons. The van der Waals surface area contributed by atoms with Crippen molar-refractivity contribution in [1.82, 2.24) is 20.0 Å². The third-order valence-electron chi connectivity index (χ3n) is 7.14. The fourth-order valence-corrected chi connectivity index (χ4v) is 5.52. The van der Waals surface area contributed by atoms with Crippen LogP contribution in [0.25, 0.3) is 0 Å². The van der Waals surface area contributed by atoms with Crippen LogP contribution in [-0.2, 0) is 25.7 Å². The summed E-state index contributed by atoms with van der Waals surface area (Å²) in [6.07, 6.45) is 1.02. The molecule has 3 fully saturated rings. The molecular formula is C25H31N5O6. The van der Waals surface area contributed by atoms with E-state index in [0.29, 0.717) is 30.8 Å². The second-order valence-electron chi connectivity index (χ2n) is 10.9. The molecule has 1 unspecified atom stereocenters. The molecule has 0 aliphatic carbocycles. The molecule has 4 heterocycles. The lowest BCUT2D eigenvalue weighted by Crippen LogP contribution is -2.52. The number of ether oxygens (including phenoxy) is 1. The monoisotopic (exact) mass is 497 g/mol. The zero-order valence-corrected chi connectivity index (χ0v) is 20.7. The van der Waals surface area contributed by atoms with Gasteiger partial charge in [-0.1, -0.05) is 0 Å². The first-order valence-electron chi connectivity index (χ1n) is 12.3. The molecule has 36 heavy (non-hydrogen) atoms. The number of nitrogens with zero attached hydrogens (tertiary/aromatic N) is 3. The van der Waals surface area contributed by atoms with E-state index in [2.05, 4.69) is 15.5 Å². The minimum atomic E-state index is -0.675. The van der Waals surface area contributed by atoms with Crippen LogP contribution >= 0.6 is 0 Å². The van der Waals surface area contributed by atoms with Gasteiger partial charge in [0, 0.05) is 49.4 Å². The number of rotatable bonds is 4. The predicted octanol–water partition coefficient (Wildman–Crippen LogP) is 1.08. The summed E-state index contributed by atoms with van der Waals surface area (Å²) in [5.74, 6) is -1.20. The van der Waals surface area contributed by atoms with Gasteiger partial charge < -0.3 is 19.9 Å². The Hall–Kier alpha value is -3.47. The summed E-state index contributed by atoms with van der Waals surface area (Å²) in [5, 5.41) is 5.20. The normalized spacial score (nSPS) is 25.8. The Bertz CT molecular complexity index is 1140. The van der Waals surface area contributed by atoms with Gasteiger partial charge in [-0.2, -0.15) is 0 Å². The average molecular weight is 498 g/mol. The Morgan fingerprint density at radius 1 is 1.14 bits per heavy atom. The fourth-order valence-electron chi connectivity index (χ4n) is 5.52. The summed E-state index contributed by atoms with van der Waals surface area (Å²) in [7, 11) is 0. The standard InChI is InChI=1S/C25H31N5O6/c1-25(2,3)36-24(35)29-12-16-9-17(29)11-28(16)13-21(32)26-15-4-5-18-14(8-15)10-30(23(18)34)19-6-7-20(31)27-22(19)33/h4-5,8,16-17,19H,6-7,9-13H2,1-3H3,(H,26,32)(H,27,31,33)/t16-,17-,19?/m0/s1. The van der Waals surface area contributed by atoms with Gasteiger partial charge in [-0.3, -0.25) is 29.4 Å². The molecule has 1 aromatic carbocycles. The second-order valence-corrected chi connectivity index (χ2v) is 10.9. The molecule has 0 spiro atoms. The Balaban J connectivity index is 1.16. The van der Waals surface area contributed by atoms with E-state index in [1.54, 1.807) is 23.1 Å². The van der Waals surface area contributed by atoms with Crippen molar-refractivity contribution in [3.05, 3.63) is 29.3 Å². The number of imide groups is 1. The zero-order valence-electron chi connectivity index (χ0n) is 20.7. The molecule has 4 aliphatic rings. The Morgan fingerprint density at radius 2 is 1.92 bits per heavy atom. The average Bonchev–Trinajstić information content (AvgIpc) is 3.45. The van der Waals surface area contributed by atoms with Crippen molar-refractivity contribution >= 4 is 35.4 Å². The molecule has 0 radical (unpaired) electrons. The van der Waals surface area contributed by atoms with Crippen molar-refractivity contribution in [3.8, 4) is 0 Å². The van der Waals surface area contributed by atoms with Crippen LogP contribution in [0.1, 0.15) is 56.0 Å². The second kappa shape index (κ2) is 8.88. The van der Waals surface area contributed by atoms with Crippen LogP contribution in [0.4, 0.5) is 10.5 Å². The molecule has 11 nitrogen and oxygen atoms in total. The first kappa shape index (κ1) is 24.2. The summed E-state index contributed by atoms with van der Waals surface area (Å²) < 4.78 is 5.50. The van der Waals surface area contributed by atoms with E-state index in [4.69, 9.17) is 4.74 Å². The van der Waals surface area contributed by atoms with Crippen molar-refractivity contribution in [3.63, 3.8) is 0 Å². The lowest BCUT2D eigenvalue weighted by atomic mass is 10.0. The van der Waals surface area contributed by atoms with Crippen LogP contribution in [-0.4, -0.2) is 87.8 Å². The highest BCUT2D eigenvalue weighted by atomic mass is 16.6. The summed E-state index contributed by atoms with van der Waals surface area (Å²) >= 11 is 0. The number of likely N-dealkylation sites (tertiary alicyclic amines) is 2. The number of nitrogens with one attached hydrogen (secondary N) is 2. The Labute approximate surface area is 209 Å². The highest BCUT2D eigenvalue weighted by Crippen LogP contribution is 2.32. The van der Waals surface area contributed by atoms with Crippen molar-refractivity contribution in [2.75, 3.05) is 25.0 Å². The van der Waals surface area contributed by atoms with Crippen LogP contribution in [0.5, 0.6) is 0 Å². The number of carbonyl (C=O) groups excluding carboxylic acids is 5. The molecule has 0 saturated carbocycles. The summed E-state index contributed by atoms with van der Waals surface area (Å²) in [4.78, 5) is 67.0. The van der Waals surface area contributed by atoms with Crippen LogP contribution in [0.15, 0.2) is 18.2 Å². The van der Waals surface area contributed by atoms with Crippen LogP contribution in [0.3, 0.4) is 0 Å². The van der Waals surface area contributed by atoms with E-state index in [1.165, 1.54) is 4.90 Å². The summed E-state index contributed by atoms with van der Waals surface area (Å²) in [6.45, 7) is 7.16. The third kappa shape index (κ3) is 4.67. The van der Waals surface area contributed by atoms with Gasteiger partial charge in [0.25, 0.3) is 5.91 Å². The van der Waals surface area contributed by atoms with Gasteiger partial charge in [-0.05, 0) is 57.4 Å². The van der Waals surface area contributed by atoms with Gasteiger partial charge in [0.05, 0.1) is 6.54 Å². The molecule has 3 saturated heterocycles. The topological polar surface area (TPSA) is 128 Å². The number of hydrogen-bond acceptors (Lipinski definition) is 7. The lowest BCUT2D eigenvalue weighted by molar-refractivity contribution is -0.137. The summed E-state index contributed by atoms with van der Waals surface area (Å²) in [6, 6.07) is 4.59. The van der Waals surface area contributed by atoms with Gasteiger partial charge in [0.15, 0.2) is 0 Å². The van der Waals surface area contributed by atoms with Gasteiger partial charge in [0.1, 0.15) is 11.6 Å². The van der Waals surface area contributed by atoms with Crippen LogP contribution in [0.2, 0.25) is 0 Å². The maximum Gasteiger partial charge on any atom is 0.410 e. The number of piperazine rings is 1. The molecule has 5 amide bonds. The molecule has 2 bridgehead atoms. The van der Waals surface area contributed by atoms with Gasteiger partial charge in [-0.25, -0.2) is 4.79 Å². The van der Waals surface area contributed by atoms with Crippen molar-refractivity contribution in [1.29, 1.82) is 0 Å². The maximum atomic E-state index is 12.8. The largest absolute Gasteiger partial charge is 0.444 e.